The second kappa shape index (κ2) is 4.81. The maximum absolute atomic E-state index is 11.0. The Balaban J connectivity index is 1.89. The van der Waals surface area contributed by atoms with E-state index in [0.717, 1.165) is 17.5 Å². The van der Waals surface area contributed by atoms with Gasteiger partial charge in [-0.3, -0.25) is 10.1 Å². The molecular formula is C19H13NO2. The smallest absolute Gasteiger partial charge is 0.258 e. The normalized spacial score (nSPS) is 11.8. The Kier molecular flexibility index (Phi) is 2.79. The Bertz CT molecular complexity index is 899. The SMILES string of the molecule is O=[N+]([O-])c1cccc(-c2cccc3c2Cc2ccccc2-3)c1. The largest absolute Gasteiger partial charge is 0.270 e. The number of rotatable bonds is 2. The van der Waals surface area contributed by atoms with Crippen LogP contribution in [0.3, 0.4) is 0 Å². The van der Waals surface area contributed by atoms with Crippen molar-refractivity contribution in [3.8, 4) is 22.3 Å². The van der Waals surface area contributed by atoms with Gasteiger partial charge in [0.2, 0.25) is 0 Å². The lowest BCUT2D eigenvalue weighted by atomic mass is 9.95. The lowest BCUT2D eigenvalue weighted by Gasteiger charge is -2.08. The van der Waals surface area contributed by atoms with Crippen molar-refractivity contribution < 1.29 is 4.92 Å². The predicted octanol–water partition coefficient (Wildman–Crippen LogP) is 4.83. The van der Waals surface area contributed by atoms with Crippen molar-refractivity contribution in [2.75, 3.05) is 0 Å². The molecule has 0 radical (unpaired) electrons. The van der Waals surface area contributed by atoms with Gasteiger partial charge in [-0.2, -0.15) is 0 Å². The van der Waals surface area contributed by atoms with Gasteiger partial charge in [-0.25, -0.2) is 0 Å². The highest BCUT2D eigenvalue weighted by molar-refractivity contribution is 5.85. The van der Waals surface area contributed by atoms with Crippen LogP contribution in [0.2, 0.25) is 0 Å². The van der Waals surface area contributed by atoms with E-state index >= 15 is 0 Å². The van der Waals surface area contributed by atoms with Gasteiger partial charge in [0.25, 0.3) is 5.69 Å². The van der Waals surface area contributed by atoms with Crippen molar-refractivity contribution in [2.24, 2.45) is 0 Å². The average molecular weight is 287 g/mol. The summed E-state index contributed by atoms with van der Waals surface area (Å²) in [6.45, 7) is 0. The van der Waals surface area contributed by atoms with Crippen molar-refractivity contribution in [1.82, 2.24) is 0 Å². The highest BCUT2D eigenvalue weighted by Crippen LogP contribution is 2.41. The summed E-state index contributed by atoms with van der Waals surface area (Å²) in [5.74, 6) is 0. The molecule has 22 heavy (non-hydrogen) atoms. The molecule has 4 rings (SSSR count). The molecule has 106 valence electrons. The molecule has 1 aliphatic rings. The van der Waals surface area contributed by atoms with E-state index in [2.05, 4.69) is 24.3 Å². The molecule has 0 bridgehead atoms. The molecule has 0 amide bonds. The van der Waals surface area contributed by atoms with E-state index in [9.17, 15) is 10.1 Å². The zero-order valence-electron chi connectivity index (χ0n) is 11.8. The van der Waals surface area contributed by atoms with Gasteiger partial charge in [0, 0.05) is 12.1 Å². The van der Waals surface area contributed by atoms with Gasteiger partial charge in [-0.05, 0) is 39.8 Å². The number of benzene rings is 3. The Morgan fingerprint density at radius 3 is 2.41 bits per heavy atom. The van der Waals surface area contributed by atoms with Crippen LogP contribution < -0.4 is 0 Å². The minimum Gasteiger partial charge on any atom is -0.258 e. The van der Waals surface area contributed by atoms with Crippen molar-refractivity contribution in [1.29, 1.82) is 0 Å². The van der Waals surface area contributed by atoms with Gasteiger partial charge < -0.3 is 0 Å². The lowest BCUT2D eigenvalue weighted by Crippen LogP contribution is -1.91. The zero-order valence-corrected chi connectivity index (χ0v) is 11.8. The summed E-state index contributed by atoms with van der Waals surface area (Å²) in [6, 6.07) is 21.4. The fourth-order valence-corrected chi connectivity index (χ4v) is 3.21. The van der Waals surface area contributed by atoms with E-state index in [1.165, 1.54) is 28.3 Å². The molecule has 0 N–H and O–H groups in total. The van der Waals surface area contributed by atoms with Crippen LogP contribution in [0.15, 0.2) is 66.7 Å². The van der Waals surface area contributed by atoms with Crippen LogP contribution in [-0.2, 0) is 6.42 Å². The van der Waals surface area contributed by atoms with Gasteiger partial charge in [-0.15, -0.1) is 0 Å². The summed E-state index contributed by atoms with van der Waals surface area (Å²) < 4.78 is 0. The first-order chi connectivity index (χ1) is 10.7. The maximum atomic E-state index is 11.0. The van der Waals surface area contributed by atoms with E-state index in [0.29, 0.717) is 0 Å². The van der Waals surface area contributed by atoms with Gasteiger partial charge in [0.05, 0.1) is 4.92 Å². The fraction of sp³-hybridized carbons (Fsp3) is 0.0526. The van der Waals surface area contributed by atoms with Crippen LogP contribution in [0.5, 0.6) is 0 Å². The third kappa shape index (κ3) is 1.91. The third-order valence-corrected chi connectivity index (χ3v) is 4.22. The number of non-ortho nitro benzene ring substituents is 1. The Labute approximate surface area is 128 Å². The summed E-state index contributed by atoms with van der Waals surface area (Å²) in [5, 5.41) is 11.0. The number of hydrogen-bond donors (Lipinski definition) is 0. The number of hydrogen-bond acceptors (Lipinski definition) is 2. The average Bonchev–Trinajstić information content (AvgIpc) is 2.93. The first-order valence-corrected chi connectivity index (χ1v) is 7.19. The molecule has 3 nitrogen and oxygen atoms in total. The predicted molar refractivity (Wildman–Crippen MR) is 86.8 cm³/mol. The number of nitrogens with zero attached hydrogens (tertiary/aromatic N) is 1. The van der Waals surface area contributed by atoms with Crippen molar-refractivity contribution >= 4 is 5.69 Å². The van der Waals surface area contributed by atoms with E-state index in [1.807, 2.05) is 24.3 Å². The number of nitro benzene ring substituents is 1. The molecule has 0 saturated carbocycles. The molecule has 0 atom stereocenters. The minimum atomic E-state index is -0.346. The van der Waals surface area contributed by atoms with Crippen molar-refractivity contribution in [2.45, 2.75) is 6.42 Å². The van der Waals surface area contributed by atoms with E-state index < -0.39 is 0 Å². The fourth-order valence-electron chi connectivity index (χ4n) is 3.21. The maximum Gasteiger partial charge on any atom is 0.270 e. The molecule has 1 aliphatic carbocycles. The Hall–Kier alpha value is -2.94. The van der Waals surface area contributed by atoms with Gasteiger partial charge in [-0.1, -0.05) is 54.6 Å². The molecule has 0 aromatic heterocycles. The van der Waals surface area contributed by atoms with Crippen LogP contribution in [-0.4, -0.2) is 4.92 Å². The first-order valence-electron chi connectivity index (χ1n) is 7.19. The summed E-state index contributed by atoms with van der Waals surface area (Å²) in [5.41, 5.74) is 7.19. The van der Waals surface area contributed by atoms with E-state index in [1.54, 1.807) is 12.1 Å². The van der Waals surface area contributed by atoms with Crippen LogP contribution >= 0.6 is 0 Å². The lowest BCUT2D eigenvalue weighted by molar-refractivity contribution is -0.384. The highest BCUT2D eigenvalue weighted by atomic mass is 16.6. The zero-order chi connectivity index (χ0) is 15.1. The molecule has 3 heteroatoms. The molecule has 0 fully saturated rings. The molecule has 0 aliphatic heterocycles. The van der Waals surface area contributed by atoms with Gasteiger partial charge in [0.1, 0.15) is 0 Å². The van der Waals surface area contributed by atoms with Gasteiger partial charge in [0.15, 0.2) is 0 Å². The third-order valence-electron chi connectivity index (χ3n) is 4.22. The summed E-state index contributed by atoms with van der Waals surface area (Å²) >= 11 is 0. The summed E-state index contributed by atoms with van der Waals surface area (Å²) in [7, 11) is 0. The van der Waals surface area contributed by atoms with Crippen LogP contribution in [0.1, 0.15) is 11.1 Å². The quantitative estimate of drug-likeness (QED) is 0.391. The Morgan fingerprint density at radius 1 is 0.818 bits per heavy atom. The molecule has 0 spiro atoms. The summed E-state index contributed by atoms with van der Waals surface area (Å²) in [6.07, 6.45) is 0.879. The first kappa shape index (κ1) is 12.8. The van der Waals surface area contributed by atoms with Crippen LogP contribution in [0.25, 0.3) is 22.3 Å². The van der Waals surface area contributed by atoms with Gasteiger partial charge >= 0.3 is 0 Å². The second-order valence-corrected chi connectivity index (χ2v) is 5.47. The second-order valence-electron chi connectivity index (χ2n) is 5.47. The number of nitro groups is 1. The summed E-state index contributed by atoms with van der Waals surface area (Å²) in [4.78, 5) is 10.7. The molecule has 3 aromatic carbocycles. The minimum absolute atomic E-state index is 0.130. The van der Waals surface area contributed by atoms with E-state index in [-0.39, 0.29) is 10.6 Å². The topological polar surface area (TPSA) is 43.1 Å². The number of fused-ring (bicyclic) bond motifs is 3. The van der Waals surface area contributed by atoms with E-state index in [4.69, 9.17) is 0 Å². The standard InChI is InChI=1S/C19H13NO2/c21-20(22)15-7-3-6-13(11-15)17-9-4-10-18-16-8-2-1-5-14(16)12-19(17)18/h1-11H,12H2. The molecule has 3 aromatic rings. The highest BCUT2D eigenvalue weighted by Gasteiger charge is 2.21. The molecule has 0 saturated heterocycles. The molecule has 0 unspecified atom stereocenters. The molecular weight excluding hydrogens is 274 g/mol. The van der Waals surface area contributed by atoms with Crippen LogP contribution in [0, 0.1) is 10.1 Å². The molecule has 0 heterocycles. The van der Waals surface area contributed by atoms with Crippen LogP contribution in [0.4, 0.5) is 5.69 Å². The Morgan fingerprint density at radius 2 is 1.55 bits per heavy atom. The monoisotopic (exact) mass is 287 g/mol. The van der Waals surface area contributed by atoms with Crippen molar-refractivity contribution in [3.05, 3.63) is 88.0 Å². The van der Waals surface area contributed by atoms with Crippen molar-refractivity contribution in [3.63, 3.8) is 0 Å².